The van der Waals surface area contributed by atoms with Gasteiger partial charge in [-0.25, -0.2) is 0 Å². The zero-order valence-electron chi connectivity index (χ0n) is 14.9. The summed E-state index contributed by atoms with van der Waals surface area (Å²) in [5.74, 6) is -0.224. The van der Waals surface area contributed by atoms with Gasteiger partial charge in [-0.15, -0.1) is 0 Å². The Balaban J connectivity index is 1.57. The lowest BCUT2D eigenvalue weighted by atomic mass is 9.80. The molecule has 2 aliphatic rings. The minimum atomic E-state index is -0.413. The van der Waals surface area contributed by atoms with Crippen LogP contribution in [-0.4, -0.2) is 29.3 Å². The van der Waals surface area contributed by atoms with Crippen LogP contribution in [0, 0.1) is 5.92 Å². The van der Waals surface area contributed by atoms with Gasteiger partial charge in [-0.3, -0.25) is 14.5 Å². The van der Waals surface area contributed by atoms with Gasteiger partial charge in [-0.2, -0.15) is 0 Å². The van der Waals surface area contributed by atoms with Crippen LogP contribution < -0.4 is 0 Å². The van der Waals surface area contributed by atoms with Crippen molar-refractivity contribution in [1.29, 1.82) is 0 Å². The summed E-state index contributed by atoms with van der Waals surface area (Å²) in [5, 5.41) is 3.69. The molecular weight excluding hydrogens is 340 g/mol. The molecule has 1 aliphatic heterocycles. The second-order valence-electron chi connectivity index (χ2n) is 7.21. The Kier molecular flexibility index (Phi) is 4.65. The van der Waals surface area contributed by atoms with Gasteiger partial charge >= 0.3 is 0 Å². The number of hydrogen-bond acceptors (Lipinski definition) is 3. The first-order chi connectivity index (χ1) is 13.2. The second-order valence-corrected chi connectivity index (χ2v) is 7.21. The van der Waals surface area contributed by atoms with Gasteiger partial charge in [-0.05, 0) is 60.4 Å². The summed E-state index contributed by atoms with van der Waals surface area (Å²) in [4.78, 5) is 29.8. The number of azide groups is 1. The molecule has 0 spiro atoms. The van der Waals surface area contributed by atoms with Crippen LogP contribution in [0.1, 0.15) is 44.7 Å². The third-order valence-corrected chi connectivity index (χ3v) is 5.60. The quantitative estimate of drug-likeness (QED) is 0.347. The summed E-state index contributed by atoms with van der Waals surface area (Å²) in [6.45, 7) is 0.111. The predicted molar refractivity (Wildman–Crippen MR) is 101 cm³/mol. The van der Waals surface area contributed by atoms with Crippen molar-refractivity contribution >= 4 is 11.8 Å². The lowest BCUT2D eigenvalue weighted by Gasteiger charge is -2.31. The van der Waals surface area contributed by atoms with E-state index in [9.17, 15) is 9.59 Å². The topological polar surface area (TPSA) is 86.1 Å². The van der Waals surface area contributed by atoms with E-state index in [2.05, 4.69) is 28.2 Å². The SMILES string of the molecule is [N-]=[N+]=NCC(CC1CCc2ccccc2C1)N1C(=O)c2ccccc2C1=O. The maximum atomic E-state index is 12.8. The van der Waals surface area contributed by atoms with Crippen LogP contribution in [0.2, 0.25) is 0 Å². The number of benzene rings is 2. The fraction of sp³-hybridized carbons (Fsp3) is 0.333. The molecule has 0 aromatic heterocycles. The van der Waals surface area contributed by atoms with Crippen molar-refractivity contribution in [2.24, 2.45) is 11.0 Å². The first kappa shape index (κ1) is 17.3. The molecule has 0 saturated heterocycles. The molecule has 2 aromatic carbocycles. The number of aryl methyl sites for hydroxylation is 1. The Morgan fingerprint density at radius 2 is 1.67 bits per heavy atom. The Hall–Kier alpha value is -3.11. The predicted octanol–water partition coefficient (Wildman–Crippen LogP) is 4.16. The molecule has 27 heavy (non-hydrogen) atoms. The van der Waals surface area contributed by atoms with E-state index in [-0.39, 0.29) is 18.4 Å². The smallest absolute Gasteiger partial charge is 0.261 e. The molecule has 1 aliphatic carbocycles. The summed E-state index contributed by atoms with van der Waals surface area (Å²) >= 11 is 0. The Morgan fingerprint density at radius 3 is 2.33 bits per heavy atom. The molecule has 1 heterocycles. The number of hydrogen-bond donors (Lipinski definition) is 0. The van der Waals surface area contributed by atoms with Crippen molar-refractivity contribution < 1.29 is 9.59 Å². The number of carbonyl (C=O) groups is 2. The van der Waals surface area contributed by atoms with Crippen LogP contribution in [0.4, 0.5) is 0 Å². The third kappa shape index (κ3) is 3.20. The zero-order chi connectivity index (χ0) is 18.8. The van der Waals surface area contributed by atoms with E-state index in [0.29, 0.717) is 23.5 Å². The van der Waals surface area contributed by atoms with Crippen LogP contribution >= 0.6 is 0 Å². The van der Waals surface area contributed by atoms with Gasteiger partial charge in [0.1, 0.15) is 0 Å². The molecule has 6 nitrogen and oxygen atoms in total. The van der Waals surface area contributed by atoms with Crippen molar-refractivity contribution in [3.05, 3.63) is 81.2 Å². The molecule has 0 radical (unpaired) electrons. The van der Waals surface area contributed by atoms with E-state index < -0.39 is 6.04 Å². The summed E-state index contributed by atoms with van der Waals surface area (Å²) in [6, 6.07) is 14.9. The first-order valence-corrected chi connectivity index (χ1v) is 9.23. The molecule has 2 atom stereocenters. The average molecular weight is 360 g/mol. The Bertz CT molecular complexity index is 914. The van der Waals surface area contributed by atoms with Gasteiger partial charge in [0.15, 0.2) is 0 Å². The highest BCUT2D eigenvalue weighted by atomic mass is 16.2. The molecule has 0 bridgehead atoms. The minimum absolute atomic E-state index is 0.111. The largest absolute Gasteiger partial charge is 0.271 e. The monoisotopic (exact) mass is 360 g/mol. The van der Waals surface area contributed by atoms with E-state index >= 15 is 0 Å². The first-order valence-electron chi connectivity index (χ1n) is 9.23. The van der Waals surface area contributed by atoms with E-state index in [1.54, 1.807) is 24.3 Å². The Morgan fingerprint density at radius 1 is 1.04 bits per heavy atom. The van der Waals surface area contributed by atoms with Gasteiger partial charge in [0, 0.05) is 17.5 Å². The summed E-state index contributed by atoms with van der Waals surface area (Å²) in [5.41, 5.74) is 12.3. The maximum absolute atomic E-state index is 12.8. The fourth-order valence-corrected chi connectivity index (χ4v) is 4.29. The van der Waals surface area contributed by atoms with Crippen molar-refractivity contribution in [3.8, 4) is 0 Å². The molecule has 2 unspecified atom stereocenters. The van der Waals surface area contributed by atoms with Crippen LogP contribution in [0.3, 0.4) is 0 Å². The maximum Gasteiger partial charge on any atom is 0.261 e. The molecule has 2 aromatic rings. The lowest BCUT2D eigenvalue weighted by molar-refractivity contribution is 0.0565. The standard InChI is InChI=1S/C21H20N4O2/c22-24-23-13-17(12-14-9-10-15-5-1-2-6-16(15)11-14)25-20(26)18-7-3-4-8-19(18)21(25)27/h1-8,14,17H,9-13H2. The van der Waals surface area contributed by atoms with Crippen LogP contribution in [0.25, 0.3) is 10.4 Å². The van der Waals surface area contributed by atoms with Gasteiger partial charge in [-0.1, -0.05) is 41.5 Å². The number of rotatable bonds is 5. The van der Waals surface area contributed by atoms with Gasteiger partial charge < -0.3 is 0 Å². The van der Waals surface area contributed by atoms with Gasteiger partial charge in [0.2, 0.25) is 0 Å². The number of carbonyl (C=O) groups excluding carboxylic acids is 2. The van der Waals surface area contributed by atoms with Crippen molar-refractivity contribution in [2.45, 2.75) is 31.7 Å². The lowest BCUT2D eigenvalue weighted by Crippen LogP contribution is -2.43. The fourth-order valence-electron chi connectivity index (χ4n) is 4.29. The molecule has 0 N–H and O–H groups in total. The molecule has 4 rings (SSSR count). The number of imide groups is 1. The average Bonchev–Trinajstić information content (AvgIpc) is 2.96. The van der Waals surface area contributed by atoms with Crippen molar-refractivity contribution in [2.75, 3.05) is 6.54 Å². The number of amides is 2. The Labute approximate surface area is 157 Å². The molecule has 136 valence electrons. The van der Waals surface area contributed by atoms with E-state index in [1.807, 2.05) is 6.07 Å². The van der Waals surface area contributed by atoms with E-state index in [1.165, 1.54) is 16.0 Å². The normalized spacial score (nSPS) is 19.3. The van der Waals surface area contributed by atoms with Crippen LogP contribution in [0.5, 0.6) is 0 Å². The molecule has 6 heteroatoms. The molecule has 0 saturated carbocycles. The summed E-state index contributed by atoms with van der Waals surface area (Å²) in [7, 11) is 0. The minimum Gasteiger partial charge on any atom is -0.271 e. The highest BCUT2D eigenvalue weighted by molar-refractivity contribution is 6.21. The zero-order valence-corrected chi connectivity index (χ0v) is 14.9. The van der Waals surface area contributed by atoms with Crippen LogP contribution in [0.15, 0.2) is 53.6 Å². The highest BCUT2D eigenvalue weighted by Gasteiger charge is 2.40. The molecular formula is C21H20N4O2. The summed E-state index contributed by atoms with van der Waals surface area (Å²) in [6.07, 6.45) is 3.58. The molecule has 0 fully saturated rings. The number of nitrogens with zero attached hydrogens (tertiary/aromatic N) is 4. The number of fused-ring (bicyclic) bond motifs is 2. The summed E-state index contributed by atoms with van der Waals surface area (Å²) < 4.78 is 0. The molecule has 2 amide bonds. The van der Waals surface area contributed by atoms with E-state index in [4.69, 9.17) is 5.53 Å². The van der Waals surface area contributed by atoms with Crippen molar-refractivity contribution in [3.63, 3.8) is 0 Å². The van der Waals surface area contributed by atoms with Gasteiger partial charge in [0.05, 0.1) is 11.1 Å². The van der Waals surface area contributed by atoms with E-state index in [0.717, 1.165) is 19.3 Å². The highest BCUT2D eigenvalue weighted by Crippen LogP contribution is 2.32. The second kappa shape index (κ2) is 7.25. The third-order valence-electron chi connectivity index (χ3n) is 5.60. The van der Waals surface area contributed by atoms with Gasteiger partial charge in [0.25, 0.3) is 11.8 Å². The van der Waals surface area contributed by atoms with Crippen molar-refractivity contribution in [1.82, 2.24) is 4.90 Å². The van der Waals surface area contributed by atoms with Crippen LogP contribution in [-0.2, 0) is 12.8 Å².